The Hall–Kier alpha value is -1.58. The molecule has 12 heavy (non-hydrogen) atoms. The van der Waals surface area contributed by atoms with Crippen LogP contribution in [0, 0.1) is 5.41 Å². The van der Waals surface area contributed by atoms with E-state index >= 15 is 0 Å². The zero-order valence-corrected chi connectivity index (χ0v) is 6.89. The van der Waals surface area contributed by atoms with E-state index in [4.69, 9.17) is 11.1 Å². The Kier molecular flexibility index (Phi) is 4.45. The fourth-order valence-electron chi connectivity index (χ4n) is 0.539. The molecular weight excluding hydrogens is 157 g/mol. The molecule has 0 bridgehead atoms. The van der Waals surface area contributed by atoms with Gasteiger partial charge in [-0.25, -0.2) is 4.39 Å². The smallest absolute Gasteiger partial charge is 0.117 e. The van der Waals surface area contributed by atoms with Crippen LogP contribution in [0.25, 0.3) is 0 Å². The minimum Gasteiger partial charge on any atom is -0.384 e. The monoisotopic (exact) mass is 169 g/mol. The molecule has 0 saturated heterocycles. The molecule has 0 aliphatic heterocycles. The van der Waals surface area contributed by atoms with Crippen LogP contribution in [0.15, 0.2) is 36.5 Å². The molecule has 0 aliphatic carbocycles. The number of nitrogens with one attached hydrogen (secondary N) is 2. The Morgan fingerprint density at radius 2 is 2.25 bits per heavy atom. The van der Waals surface area contributed by atoms with Gasteiger partial charge in [0.1, 0.15) is 11.7 Å². The normalized spacial score (nSPS) is 11.7. The summed E-state index contributed by atoms with van der Waals surface area (Å²) in [5.74, 6) is -0.578. The molecule has 0 spiro atoms. The number of hydrogen-bond acceptors (Lipinski definition) is 2. The average Bonchev–Trinajstić information content (AvgIpc) is 1.84. The van der Waals surface area contributed by atoms with E-state index in [1.807, 2.05) is 0 Å². The second-order valence-electron chi connectivity index (χ2n) is 2.21. The van der Waals surface area contributed by atoms with Crippen molar-refractivity contribution in [2.75, 3.05) is 0 Å². The van der Waals surface area contributed by atoms with Gasteiger partial charge in [-0.2, -0.15) is 0 Å². The molecule has 4 N–H and O–H groups in total. The molecule has 0 atom stereocenters. The average molecular weight is 169 g/mol. The van der Waals surface area contributed by atoms with Crippen molar-refractivity contribution in [2.24, 2.45) is 5.73 Å². The number of allylic oxidation sites excluding steroid dienone is 3. The van der Waals surface area contributed by atoms with Crippen LogP contribution in [-0.4, -0.2) is 5.84 Å². The van der Waals surface area contributed by atoms with Gasteiger partial charge in [0.05, 0.1) is 0 Å². The molecule has 0 aliphatic rings. The third-order valence-corrected chi connectivity index (χ3v) is 0.947. The number of halogens is 1. The van der Waals surface area contributed by atoms with Gasteiger partial charge in [0.15, 0.2) is 0 Å². The Morgan fingerprint density at radius 1 is 1.67 bits per heavy atom. The maximum atomic E-state index is 12.1. The van der Waals surface area contributed by atoms with Crippen LogP contribution < -0.4 is 11.1 Å². The molecule has 66 valence electrons. The second kappa shape index (κ2) is 5.12. The van der Waals surface area contributed by atoms with Crippen LogP contribution in [0.5, 0.6) is 0 Å². The lowest BCUT2D eigenvalue weighted by Crippen LogP contribution is -2.08. The van der Waals surface area contributed by atoms with Gasteiger partial charge in [-0.15, -0.1) is 0 Å². The second-order valence-corrected chi connectivity index (χ2v) is 2.21. The highest BCUT2D eigenvalue weighted by Gasteiger charge is 1.85. The molecule has 0 aromatic carbocycles. The quantitative estimate of drug-likeness (QED) is 0.338. The number of nitrogens with two attached hydrogens (primary N) is 1. The largest absolute Gasteiger partial charge is 0.384 e. The van der Waals surface area contributed by atoms with Gasteiger partial charge < -0.3 is 11.1 Å². The molecular formula is C8H12FN3. The van der Waals surface area contributed by atoms with Crippen LogP contribution in [-0.2, 0) is 0 Å². The summed E-state index contributed by atoms with van der Waals surface area (Å²) in [5, 5.41) is 9.52. The Labute approximate surface area is 71.0 Å². The highest BCUT2D eigenvalue weighted by molar-refractivity contribution is 5.88. The lowest BCUT2D eigenvalue weighted by atomic mass is 10.4. The summed E-state index contributed by atoms with van der Waals surface area (Å²) in [5.41, 5.74) is 5.62. The standard InChI is InChI=1S/C8H12FN3/c1-6(9)5-7(2)12-4-3-8(10)11/h3-5,12H,1H2,2H3,(H3,10,11)/b4-3-,7-5+. The zero-order chi connectivity index (χ0) is 9.56. The van der Waals surface area contributed by atoms with Gasteiger partial charge in [0.2, 0.25) is 0 Å². The summed E-state index contributed by atoms with van der Waals surface area (Å²) in [7, 11) is 0. The first-order valence-electron chi connectivity index (χ1n) is 3.32. The third kappa shape index (κ3) is 6.54. The first-order valence-corrected chi connectivity index (χ1v) is 3.32. The SMILES string of the molecule is C=C(F)/C=C(\C)N/C=C\C(=N)N. The van der Waals surface area contributed by atoms with Crippen LogP contribution in [0.2, 0.25) is 0 Å². The maximum absolute atomic E-state index is 12.1. The van der Waals surface area contributed by atoms with E-state index in [2.05, 4.69) is 11.9 Å². The van der Waals surface area contributed by atoms with Crippen molar-refractivity contribution in [3.8, 4) is 0 Å². The molecule has 3 nitrogen and oxygen atoms in total. The van der Waals surface area contributed by atoms with Crippen molar-refractivity contribution in [2.45, 2.75) is 6.92 Å². The predicted octanol–water partition coefficient (Wildman–Crippen LogP) is 1.41. The van der Waals surface area contributed by atoms with Crippen molar-refractivity contribution >= 4 is 5.84 Å². The fourth-order valence-corrected chi connectivity index (χ4v) is 0.539. The van der Waals surface area contributed by atoms with E-state index in [9.17, 15) is 4.39 Å². The van der Waals surface area contributed by atoms with Gasteiger partial charge in [0, 0.05) is 11.9 Å². The van der Waals surface area contributed by atoms with Gasteiger partial charge in [-0.1, -0.05) is 6.58 Å². The van der Waals surface area contributed by atoms with Crippen LogP contribution in [0.1, 0.15) is 6.92 Å². The Balaban J connectivity index is 3.94. The number of hydrogen-bond donors (Lipinski definition) is 3. The van der Waals surface area contributed by atoms with Crippen molar-refractivity contribution in [3.63, 3.8) is 0 Å². The summed E-state index contributed by atoms with van der Waals surface area (Å²) in [4.78, 5) is 0. The van der Waals surface area contributed by atoms with Gasteiger partial charge in [-0.05, 0) is 19.1 Å². The van der Waals surface area contributed by atoms with E-state index in [0.29, 0.717) is 5.70 Å². The molecule has 0 amide bonds. The molecule has 0 fully saturated rings. The topological polar surface area (TPSA) is 61.9 Å². The van der Waals surface area contributed by atoms with Crippen molar-refractivity contribution in [1.82, 2.24) is 5.32 Å². The third-order valence-electron chi connectivity index (χ3n) is 0.947. The van der Waals surface area contributed by atoms with Crippen molar-refractivity contribution in [3.05, 3.63) is 36.5 Å². The van der Waals surface area contributed by atoms with Crippen LogP contribution in [0.4, 0.5) is 4.39 Å². The lowest BCUT2D eigenvalue weighted by Gasteiger charge is -1.97. The molecule has 0 aromatic heterocycles. The van der Waals surface area contributed by atoms with E-state index < -0.39 is 5.83 Å². The minimum absolute atomic E-state index is 0.0608. The highest BCUT2D eigenvalue weighted by atomic mass is 19.1. The highest BCUT2D eigenvalue weighted by Crippen LogP contribution is 1.97. The summed E-state index contributed by atoms with van der Waals surface area (Å²) in [6, 6.07) is 0. The van der Waals surface area contributed by atoms with Gasteiger partial charge in [0.25, 0.3) is 0 Å². The Morgan fingerprint density at radius 3 is 2.67 bits per heavy atom. The number of amidine groups is 1. The Bertz CT molecular complexity index is 241. The van der Waals surface area contributed by atoms with Gasteiger partial charge >= 0.3 is 0 Å². The van der Waals surface area contributed by atoms with Crippen molar-refractivity contribution < 1.29 is 4.39 Å². The summed E-state index contributed by atoms with van der Waals surface area (Å²) in [6.07, 6.45) is 4.06. The summed E-state index contributed by atoms with van der Waals surface area (Å²) in [6.45, 7) is 4.74. The first kappa shape index (κ1) is 10.4. The van der Waals surface area contributed by atoms with Crippen LogP contribution >= 0.6 is 0 Å². The zero-order valence-electron chi connectivity index (χ0n) is 6.89. The van der Waals surface area contributed by atoms with Crippen molar-refractivity contribution in [1.29, 1.82) is 5.41 Å². The first-order chi connectivity index (χ1) is 5.52. The molecule has 0 unspecified atom stereocenters. The molecule has 0 saturated carbocycles. The van der Waals surface area contributed by atoms with Crippen LogP contribution in [0.3, 0.4) is 0 Å². The summed E-state index contributed by atoms with van der Waals surface area (Å²) >= 11 is 0. The molecule has 0 heterocycles. The lowest BCUT2D eigenvalue weighted by molar-refractivity contribution is 0.668. The molecule has 0 radical (unpaired) electrons. The van der Waals surface area contributed by atoms with E-state index in [1.165, 1.54) is 18.4 Å². The molecule has 0 rings (SSSR count). The molecule has 4 heteroatoms. The fraction of sp³-hybridized carbons (Fsp3) is 0.125. The van der Waals surface area contributed by atoms with E-state index in [1.54, 1.807) is 6.92 Å². The van der Waals surface area contributed by atoms with Gasteiger partial charge in [-0.3, -0.25) is 5.41 Å². The predicted molar refractivity (Wildman–Crippen MR) is 48.2 cm³/mol. The number of rotatable bonds is 4. The maximum Gasteiger partial charge on any atom is 0.117 e. The van der Waals surface area contributed by atoms with E-state index in [0.717, 1.165) is 0 Å². The summed E-state index contributed by atoms with van der Waals surface area (Å²) < 4.78 is 12.1. The minimum atomic E-state index is -0.517. The molecule has 0 aromatic rings. The van der Waals surface area contributed by atoms with E-state index in [-0.39, 0.29) is 5.84 Å².